The minimum Gasteiger partial charge on any atom is -0.418 e. The third-order valence-electron chi connectivity index (χ3n) is 7.98. The second kappa shape index (κ2) is 14.8. The molecule has 48 heavy (non-hydrogen) atoms. The van der Waals surface area contributed by atoms with E-state index in [4.69, 9.17) is 0 Å². The van der Waals surface area contributed by atoms with Crippen LogP contribution in [-0.2, 0) is 6.54 Å². The minimum absolute atomic E-state index is 0.726. The van der Waals surface area contributed by atoms with Crippen molar-refractivity contribution >= 4 is 7.25 Å². The highest BCUT2D eigenvalue weighted by Gasteiger charge is 2.34. The monoisotopic (exact) mass is 637 g/mol. The average Bonchev–Trinajstić information content (AvgIpc) is 3.12. The molecule has 7 aromatic rings. The molecule has 0 fully saturated rings. The van der Waals surface area contributed by atoms with Crippen molar-refractivity contribution in [2.45, 2.75) is 6.54 Å². The molecule has 0 N–H and O–H groups in total. The van der Waals surface area contributed by atoms with Crippen LogP contribution < -0.4 is 4.57 Å². The molecule has 0 atom stereocenters. The lowest BCUT2D eigenvalue weighted by molar-refractivity contribution is -0.665. The number of hydrogen-bond acceptors (Lipinski definition) is 0. The molecule has 0 saturated carbocycles. The largest absolute Gasteiger partial charge is 0.673 e. The van der Waals surface area contributed by atoms with Gasteiger partial charge >= 0.3 is 7.25 Å². The van der Waals surface area contributed by atoms with Crippen molar-refractivity contribution in [2.75, 3.05) is 0 Å². The summed E-state index contributed by atoms with van der Waals surface area (Å²) in [6.07, 6.45) is 0. The number of pyridine rings is 1. The number of rotatable bonds is 7. The van der Waals surface area contributed by atoms with Gasteiger partial charge in [-0.2, -0.15) is 4.57 Å². The molecule has 0 bridgehead atoms. The van der Waals surface area contributed by atoms with Gasteiger partial charge in [-0.15, -0.1) is 0 Å². The van der Waals surface area contributed by atoms with Crippen molar-refractivity contribution in [1.82, 2.24) is 0 Å². The molecule has 6 heteroatoms. The van der Waals surface area contributed by atoms with Crippen molar-refractivity contribution in [2.24, 2.45) is 0 Å². The Hall–Kier alpha value is -5.75. The molecule has 6 aromatic carbocycles. The Balaban J connectivity index is 0.000000749. The van der Waals surface area contributed by atoms with Gasteiger partial charge in [0.05, 0.1) is 11.1 Å². The van der Waals surface area contributed by atoms with Crippen molar-refractivity contribution in [1.29, 1.82) is 0 Å². The Morgan fingerprint density at radius 1 is 0.333 bits per heavy atom. The number of nitrogens with zero attached hydrogens (tertiary/aromatic N) is 1. The summed E-state index contributed by atoms with van der Waals surface area (Å²) in [6.45, 7) is 0.726. The van der Waals surface area contributed by atoms with Crippen molar-refractivity contribution in [3.8, 4) is 55.9 Å². The second-order valence-corrected chi connectivity index (χ2v) is 11.2. The van der Waals surface area contributed by atoms with Crippen LogP contribution in [0.3, 0.4) is 0 Å². The zero-order valence-electron chi connectivity index (χ0n) is 26.1. The van der Waals surface area contributed by atoms with Crippen molar-refractivity contribution < 1.29 is 21.8 Å². The van der Waals surface area contributed by atoms with Crippen LogP contribution in [0.1, 0.15) is 5.56 Å². The predicted octanol–water partition coefficient (Wildman–Crippen LogP) is 11.7. The Labute approximate surface area is 278 Å². The van der Waals surface area contributed by atoms with Gasteiger partial charge in [0.15, 0.2) is 6.54 Å². The summed E-state index contributed by atoms with van der Waals surface area (Å²) in [5.41, 5.74) is 13.3. The summed E-state index contributed by atoms with van der Waals surface area (Å²) in [4.78, 5) is 0. The van der Waals surface area contributed by atoms with Crippen molar-refractivity contribution in [3.05, 3.63) is 188 Å². The molecule has 0 aliphatic rings. The van der Waals surface area contributed by atoms with E-state index in [0.29, 0.717) is 0 Å². The van der Waals surface area contributed by atoms with E-state index in [1.165, 1.54) is 61.5 Å². The highest BCUT2D eigenvalue weighted by molar-refractivity contribution is 6.50. The van der Waals surface area contributed by atoms with Crippen molar-refractivity contribution in [3.63, 3.8) is 0 Å². The number of halogens is 4. The lowest BCUT2D eigenvalue weighted by Gasteiger charge is -2.23. The third kappa shape index (κ3) is 7.61. The summed E-state index contributed by atoms with van der Waals surface area (Å²) in [7, 11) is -6.00. The van der Waals surface area contributed by atoms with Gasteiger partial charge in [-0.3, -0.25) is 0 Å². The first kappa shape index (κ1) is 32.2. The third-order valence-corrected chi connectivity index (χ3v) is 7.98. The van der Waals surface area contributed by atoms with Gasteiger partial charge in [-0.1, -0.05) is 158 Å². The molecule has 1 nitrogen and oxygen atoms in total. The van der Waals surface area contributed by atoms with E-state index >= 15 is 0 Å². The number of hydrogen-bond donors (Lipinski definition) is 0. The average molecular weight is 638 g/mol. The topological polar surface area (TPSA) is 3.88 Å². The maximum Gasteiger partial charge on any atom is 0.673 e. The minimum atomic E-state index is -6.00. The molecule has 1 aromatic heterocycles. The van der Waals surface area contributed by atoms with E-state index in [-0.39, 0.29) is 0 Å². The molecule has 0 radical (unpaired) electrons. The first-order valence-corrected chi connectivity index (χ1v) is 15.7. The van der Waals surface area contributed by atoms with Crippen LogP contribution in [0.2, 0.25) is 0 Å². The molecular weight excluding hydrogens is 605 g/mol. The molecule has 0 spiro atoms. The fraction of sp³-hybridized carbons (Fsp3) is 0.0238. The molecule has 0 unspecified atom stereocenters. The second-order valence-electron chi connectivity index (χ2n) is 11.2. The van der Waals surface area contributed by atoms with Gasteiger partial charge in [0.1, 0.15) is 0 Å². The summed E-state index contributed by atoms with van der Waals surface area (Å²) in [5, 5.41) is 0. The molecule has 0 aliphatic heterocycles. The summed E-state index contributed by atoms with van der Waals surface area (Å²) in [5.74, 6) is 0. The van der Waals surface area contributed by atoms with E-state index in [9.17, 15) is 17.3 Å². The Morgan fingerprint density at radius 2 is 0.583 bits per heavy atom. The molecule has 0 aliphatic carbocycles. The highest BCUT2D eigenvalue weighted by atomic mass is 19.5. The molecule has 236 valence electrons. The molecule has 7 rings (SSSR count). The van der Waals surface area contributed by atoms with Crippen LogP contribution in [0, 0.1) is 0 Å². The van der Waals surface area contributed by atoms with Crippen LogP contribution in [0.25, 0.3) is 55.9 Å². The summed E-state index contributed by atoms with van der Waals surface area (Å²) in [6, 6.07) is 65.2. The standard InChI is InChI=1S/C42H32N.BF4/c1-7-19-32(20-8-1)31-43-41(36-27-15-5-16-28-36)39(34-23-11-3-12-24-34)38(33-21-9-2-10-22-33)40(35-25-13-4-14-26-35)42(43)37-29-17-6-18-30-37;2-1(3,4)5/h1-30H,31H2;/q+1;-1. The number of aromatic nitrogens is 1. The highest BCUT2D eigenvalue weighted by Crippen LogP contribution is 2.47. The lowest BCUT2D eigenvalue weighted by atomic mass is 9.82. The van der Waals surface area contributed by atoms with E-state index < -0.39 is 7.25 Å². The molecule has 1 heterocycles. The van der Waals surface area contributed by atoms with Crippen LogP contribution in [0.15, 0.2) is 182 Å². The number of benzene rings is 6. The first-order chi connectivity index (χ1) is 23.4. The zero-order valence-corrected chi connectivity index (χ0v) is 26.1. The van der Waals surface area contributed by atoms with E-state index in [2.05, 4.69) is 187 Å². The molecule has 0 saturated heterocycles. The normalized spacial score (nSPS) is 11.0. The van der Waals surface area contributed by atoms with Gasteiger partial charge in [0.2, 0.25) is 11.4 Å². The quantitative estimate of drug-likeness (QED) is 0.0930. The van der Waals surface area contributed by atoms with Crippen LogP contribution in [0.5, 0.6) is 0 Å². The maximum atomic E-state index is 9.75. The smallest absolute Gasteiger partial charge is 0.418 e. The maximum absolute atomic E-state index is 9.75. The van der Waals surface area contributed by atoms with Crippen LogP contribution in [0.4, 0.5) is 17.3 Å². The summed E-state index contributed by atoms with van der Waals surface area (Å²) < 4.78 is 41.6. The first-order valence-electron chi connectivity index (χ1n) is 15.7. The van der Waals surface area contributed by atoms with E-state index in [1.807, 2.05) is 0 Å². The van der Waals surface area contributed by atoms with Gasteiger partial charge < -0.3 is 17.3 Å². The molecule has 0 amide bonds. The van der Waals surface area contributed by atoms with E-state index in [0.717, 1.165) is 6.54 Å². The zero-order chi connectivity index (χ0) is 33.3. The fourth-order valence-electron chi connectivity index (χ4n) is 6.13. The van der Waals surface area contributed by atoms with Gasteiger partial charge in [0.25, 0.3) is 0 Å². The lowest BCUT2D eigenvalue weighted by Crippen LogP contribution is -2.41. The van der Waals surface area contributed by atoms with Gasteiger partial charge in [0, 0.05) is 22.3 Å². The summed E-state index contributed by atoms with van der Waals surface area (Å²) >= 11 is 0. The van der Waals surface area contributed by atoms with Gasteiger partial charge in [-0.25, -0.2) is 0 Å². The van der Waals surface area contributed by atoms with Gasteiger partial charge in [-0.05, 0) is 41.0 Å². The Morgan fingerprint density at radius 3 is 0.896 bits per heavy atom. The van der Waals surface area contributed by atoms with E-state index in [1.54, 1.807) is 0 Å². The predicted molar refractivity (Wildman–Crippen MR) is 190 cm³/mol. The molecular formula is C42H32BF4N. The fourth-order valence-corrected chi connectivity index (χ4v) is 6.13. The van der Waals surface area contributed by atoms with Crippen LogP contribution in [-0.4, -0.2) is 7.25 Å². The van der Waals surface area contributed by atoms with Crippen LogP contribution >= 0.6 is 0 Å². The Kier molecular flexibility index (Phi) is 9.92. The SMILES string of the molecule is F[B-](F)(F)F.c1ccc(C[n+]2c(-c3ccccc3)c(-c3ccccc3)c(-c3ccccc3)c(-c3ccccc3)c2-c2ccccc2)cc1. The Bertz CT molecular complexity index is 1940.